The summed E-state index contributed by atoms with van der Waals surface area (Å²) in [6, 6.07) is 10.4. The number of rotatable bonds is 5. The van der Waals surface area contributed by atoms with E-state index < -0.39 is 0 Å². The van der Waals surface area contributed by atoms with Crippen LogP contribution in [0.4, 0.5) is 0 Å². The number of carbonyl (C=O) groups is 1. The molecule has 0 radical (unpaired) electrons. The van der Waals surface area contributed by atoms with Crippen LogP contribution in [0.5, 0.6) is 0 Å². The van der Waals surface area contributed by atoms with E-state index in [0.29, 0.717) is 5.56 Å². The monoisotopic (exact) mass is 512 g/mol. The molecule has 4 aromatic rings. The van der Waals surface area contributed by atoms with E-state index in [2.05, 4.69) is 40.4 Å². The van der Waals surface area contributed by atoms with Crippen molar-refractivity contribution < 1.29 is 4.79 Å². The first kappa shape index (κ1) is 23.7. The molecule has 9 nitrogen and oxygen atoms in total. The molecule has 4 aromatic heterocycles. The Morgan fingerprint density at radius 1 is 1.08 bits per heavy atom. The summed E-state index contributed by atoms with van der Waals surface area (Å²) < 4.78 is 3.80. The standard InChI is InChI=1S/C27H28N8OS/c1-32-10-4-5-23(32)27(36)33-11-7-22(8-12-33)34-18-21(16-30-34)19-13-24(37-25-6-2-3-9-29-25)26-20(14-28)15-31-35(26)17-19/h2-3,6,9,13,15-18,22-23H,4-5,7-8,10-12H2,1H3/t23-/m0/s1. The molecule has 37 heavy (non-hydrogen) atoms. The summed E-state index contributed by atoms with van der Waals surface area (Å²) in [5, 5.41) is 19.6. The zero-order valence-corrected chi connectivity index (χ0v) is 21.5. The largest absolute Gasteiger partial charge is 0.341 e. The molecule has 0 bridgehead atoms. The van der Waals surface area contributed by atoms with Gasteiger partial charge in [0.15, 0.2) is 0 Å². The van der Waals surface area contributed by atoms with Crippen LogP contribution in [0.3, 0.4) is 0 Å². The van der Waals surface area contributed by atoms with Crippen LogP contribution in [0.25, 0.3) is 16.6 Å². The summed E-state index contributed by atoms with van der Waals surface area (Å²) in [7, 11) is 2.05. The van der Waals surface area contributed by atoms with Crippen LogP contribution in [0.1, 0.15) is 37.3 Å². The molecule has 2 aliphatic heterocycles. The lowest BCUT2D eigenvalue weighted by atomic mass is 10.0. The predicted octanol–water partition coefficient (Wildman–Crippen LogP) is 3.87. The van der Waals surface area contributed by atoms with Gasteiger partial charge in [-0.3, -0.25) is 14.4 Å². The maximum atomic E-state index is 13.0. The van der Waals surface area contributed by atoms with Gasteiger partial charge < -0.3 is 4.90 Å². The number of pyridine rings is 2. The molecule has 2 fully saturated rings. The van der Waals surface area contributed by atoms with E-state index in [9.17, 15) is 10.1 Å². The van der Waals surface area contributed by atoms with Crippen molar-refractivity contribution in [2.24, 2.45) is 0 Å². The normalized spacial score (nSPS) is 18.9. The first-order valence-corrected chi connectivity index (χ1v) is 13.5. The Hall–Kier alpha value is -3.68. The van der Waals surface area contributed by atoms with Gasteiger partial charge in [-0.25, -0.2) is 9.50 Å². The third-order valence-electron chi connectivity index (χ3n) is 7.44. The van der Waals surface area contributed by atoms with Gasteiger partial charge in [-0.15, -0.1) is 0 Å². The number of piperidine rings is 1. The molecule has 0 spiro atoms. The maximum absolute atomic E-state index is 13.0. The molecule has 1 atom stereocenters. The summed E-state index contributed by atoms with van der Waals surface area (Å²) in [5.41, 5.74) is 3.27. The van der Waals surface area contributed by atoms with Crippen molar-refractivity contribution in [2.75, 3.05) is 26.7 Å². The molecular formula is C27H28N8OS. The summed E-state index contributed by atoms with van der Waals surface area (Å²) in [4.78, 5) is 22.5. The zero-order valence-electron chi connectivity index (χ0n) is 20.7. The second kappa shape index (κ2) is 10.00. The lowest BCUT2D eigenvalue weighted by Gasteiger charge is -2.34. The van der Waals surface area contributed by atoms with Crippen LogP contribution < -0.4 is 0 Å². The van der Waals surface area contributed by atoms with Crippen LogP contribution in [0.2, 0.25) is 0 Å². The van der Waals surface area contributed by atoms with E-state index in [1.54, 1.807) is 16.9 Å². The Balaban J connectivity index is 1.22. The van der Waals surface area contributed by atoms with Gasteiger partial charge in [0, 0.05) is 47.7 Å². The number of carbonyl (C=O) groups excluding carboxylic acids is 1. The minimum atomic E-state index is 0.0461. The Morgan fingerprint density at radius 2 is 1.95 bits per heavy atom. The van der Waals surface area contributed by atoms with Gasteiger partial charge in [0.05, 0.1) is 35.6 Å². The van der Waals surface area contributed by atoms with Crippen molar-refractivity contribution in [2.45, 2.75) is 47.7 Å². The van der Waals surface area contributed by atoms with Gasteiger partial charge in [0.25, 0.3) is 0 Å². The highest BCUT2D eigenvalue weighted by Crippen LogP contribution is 2.35. The summed E-state index contributed by atoms with van der Waals surface area (Å²) in [6.07, 6.45) is 13.1. The summed E-state index contributed by atoms with van der Waals surface area (Å²) in [6.45, 7) is 2.54. The fourth-order valence-electron chi connectivity index (χ4n) is 5.39. The second-order valence-electron chi connectivity index (χ2n) is 9.73. The van der Waals surface area contributed by atoms with E-state index in [0.717, 1.165) is 71.9 Å². The summed E-state index contributed by atoms with van der Waals surface area (Å²) in [5.74, 6) is 0.279. The number of nitriles is 1. The van der Waals surface area contributed by atoms with Crippen molar-refractivity contribution in [1.29, 1.82) is 5.26 Å². The van der Waals surface area contributed by atoms with Gasteiger partial charge in [-0.2, -0.15) is 15.5 Å². The van der Waals surface area contributed by atoms with Crippen LogP contribution in [-0.4, -0.2) is 72.8 Å². The van der Waals surface area contributed by atoms with E-state index in [1.165, 1.54) is 11.8 Å². The molecule has 2 saturated heterocycles. The molecule has 0 aromatic carbocycles. The summed E-state index contributed by atoms with van der Waals surface area (Å²) >= 11 is 1.52. The number of nitrogens with zero attached hydrogens (tertiary/aromatic N) is 8. The highest BCUT2D eigenvalue weighted by atomic mass is 32.2. The predicted molar refractivity (Wildman–Crippen MR) is 140 cm³/mol. The zero-order chi connectivity index (χ0) is 25.4. The number of fused-ring (bicyclic) bond motifs is 1. The molecule has 188 valence electrons. The topological polar surface area (TPSA) is 95.3 Å². The van der Waals surface area contributed by atoms with Crippen molar-refractivity contribution >= 4 is 23.2 Å². The average molecular weight is 513 g/mol. The van der Waals surface area contributed by atoms with E-state index in [1.807, 2.05) is 40.2 Å². The van der Waals surface area contributed by atoms with Crippen LogP contribution in [0.15, 0.2) is 65.2 Å². The third kappa shape index (κ3) is 4.61. The number of amides is 1. The van der Waals surface area contributed by atoms with Gasteiger partial charge in [0.1, 0.15) is 11.1 Å². The second-order valence-corrected chi connectivity index (χ2v) is 10.8. The Bertz CT molecular complexity index is 1460. The highest BCUT2D eigenvalue weighted by Gasteiger charge is 2.33. The van der Waals surface area contributed by atoms with Gasteiger partial charge in [-0.1, -0.05) is 17.8 Å². The number of likely N-dealkylation sites (N-methyl/N-ethyl adjacent to an activating group) is 1. The molecule has 1 amide bonds. The highest BCUT2D eigenvalue weighted by molar-refractivity contribution is 7.99. The van der Waals surface area contributed by atoms with Gasteiger partial charge in [0.2, 0.25) is 5.91 Å². The number of hydrogen-bond donors (Lipinski definition) is 0. The maximum Gasteiger partial charge on any atom is 0.239 e. The number of likely N-dealkylation sites (tertiary alicyclic amines) is 2. The Morgan fingerprint density at radius 3 is 2.68 bits per heavy atom. The molecule has 6 heterocycles. The molecule has 10 heteroatoms. The first-order chi connectivity index (χ1) is 18.1. The fourth-order valence-corrected chi connectivity index (χ4v) is 6.36. The van der Waals surface area contributed by atoms with E-state index in [-0.39, 0.29) is 18.0 Å². The van der Waals surface area contributed by atoms with Crippen molar-refractivity contribution in [3.8, 4) is 17.2 Å². The average Bonchev–Trinajstić information content (AvgIpc) is 3.68. The molecule has 0 saturated carbocycles. The molecule has 6 rings (SSSR count). The van der Waals surface area contributed by atoms with E-state index >= 15 is 0 Å². The molecule has 0 unspecified atom stereocenters. The SMILES string of the molecule is CN1CCC[C@H]1C(=O)N1CCC(n2cc(-c3cc(Sc4ccccn4)c4c(C#N)cnn4c3)cn2)CC1. The van der Waals surface area contributed by atoms with Gasteiger partial charge in [-0.05, 0) is 57.5 Å². The van der Waals surface area contributed by atoms with Crippen molar-refractivity contribution in [3.05, 3.63) is 60.8 Å². The fraction of sp³-hybridized carbons (Fsp3) is 0.370. The van der Waals surface area contributed by atoms with Gasteiger partial charge >= 0.3 is 0 Å². The van der Waals surface area contributed by atoms with E-state index in [4.69, 9.17) is 5.10 Å². The molecular weight excluding hydrogens is 484 g/mol. The lowest BCUT2D eigenvalue weighted by molar-refractivity contribution is -0.136. The van der Waals surface area contributed by atoms with Crippen molar-refractivity contribution in [1.82, 2.24) is 34.2 Å². The first-order valence-electron chi connectivity index (χ1n) is 12.6. The quantitative estimate of drug-likeness (QED) is 0.401. The molecule has 0 N–H and O–H groups in total. The number of hydrogen-bond acceptors (Lipinski definition) is 7. The lowest BCUT2D eigenvalue weighted by Crippen LogP contribution is -2.47. The van der Waals surface area contributed by atoms with Crippen LogP contribution >= 0.6 is 11.8 Å². The molecule has 2 aliphatic rings. The van der Waals surface area contributed by atoms with Crippen molar-refractivity contribution in [3.63, 3.8) is 0 Å². The number of aromatic nitrogens is 5. The Kier molecular flexibility index (Phi) is 6.40. The van der Waals surface area contributed by atoms with Crippen LogP contribution in [-0.2, 0) is 4.79 Å². The minimum absolute atomic E-state index is 0.0461. The molecule has 0 aliphatic carbocycles. The van der Waals surface area contributed by atoms with Crippen LogP contribution in [0, 0.1) is 11.3 Å². The smallest absolute Gasteiger partial charge is 0.239 e. The third-order valence-corrected chi connectivity index (χ3v) is 8.42. The minimum Gasteiger partial charge on any atom is -0.341 e. The Labute approximate surface area is 219 Å².